The van der Waals surface area contributed by atoms with E-state index in [0.717, 1.165) is 18.9 Å². The minimum atomic E-state index is -1.36. The molecule has 1 saturated carbocycles. The van der Waals surface area contributed by atoms with Crippen LogP contribution in [0.15, 0.2) is 24.4 Å². The Morgan fingerprint density at radius 3 is 2.65 bits per heavy atom. The van der Waals surface area contributed by atoms with Crippen molar-refractivity contribution in [3.63, 3.8) is 0 Å². The molecule has 2 aromatic heterocycles. The topological polar surface area (TPSA) is 60.2 Å². The molecule has 0 unspecified atom stereocenters. The van der Waals surface area contributed by atoms with Crippen LogP contribution < -0.4 is 4.74 Å². The van der Waals surface area contributed by atoms with Crippen molar-refractivity contribution in [2.45, 2.75) is 26.4 Å². The molecule has 0 N–H and O–H groups in total. The predicted octanol–water partition coefficient (Wildman–Crippen LogP) is 4.43. The lowest BCUT2D eigenvalue weighted by Crippen LogP contribution is -2.27. The molecule has 160 valence electrons. The number of hydrogen-bond donors (Lipinski definition) is 0. The summed E-state index contributed by atoms with van der Waals surface area (Å²) in [5.41, 5.74) is 0.568. The van der Waals surface area contributed by atoms with E-state index in [4.69, 9.17) is 4.74 Å². The molecular formula is C21H16F4N4O2. The van der Waals surface area contributed by atoms with Crippen LogP contribution in [-0.4, -0.2) is 31.9 Å². The molecular weight excluding hydrogens is 416 g/mol. The molecule has 2 aliphatic rings. The van der Waals surface area contributed by atoms with Gasteiger partial charge in [-0.25, -0.2) is 23.1 Å². The van der Waals surface area contributed by atoms with Gasteiger partial charge in [0.15, 0.2) is 17.4 Å². The number of ether oxygens (including phenoxy) is 1. The van der Waals surface area contributed by atoms with Crippen molar-refractivity contribution in [2.75, 3.05) is 6.54 Å². The number of benzene rings is 1. The van der Waals surface area contributed by atoms with Gasteiger partial charge in [-0.1, -0.05) is 0 Å². The third-order valence-corrected chi connectivity index (χ3v) is 5.39. The van der Waals surface area contributed by atoms with E-state index >= 15 is 0 Å². The quantitative estimate of drug-likeness (QED) is 0.560. The predicted molar refractivity (Wildman–Crippen MR) is 100 cm³/mol. The number of carbonyl (C=O) groups is 1. The molecule has 0 bridgehead atoms. The van der Waals surface area contributed by atoms with Gasteiger partial charge in [0.25, 0.3) is 11.8 Å². The summed E-state index contributed by atoms with van der Waals surface area (Å²) in [7, 11) is 0. The summed E-state index contributed by atoms with van der Waals surface area (Å²) in [5.74, 6) is -5.55. The van der Waals surface area contributed by atoms with Crippen molar-refractivity contribution in [1.29, 1.82) is 0 Å². The fourth-order valence-electron chi connectivity index (χ4n) is 3.72. The summed E-state index contributed by atoms with van der Waals surface area (Å²) in [4.78, 5) is 21.9. The number of hydrogen-bond acceptors (Lipinski definition) is 4. The van der Waals surface area contributed by atoms with Gasteiger partial charge in [-0.15, -0.1) is 0 Å². The first-order chi connectivity index (χ1) is 14.8. The molecule has 3 heterocycles. The summed E-state index contributed by atoms with van der Waals surface area (Å²) in [6.07, 6.45) is 2.84. The molecule has 10 heteroatoms. The lowest BCUT2D eigenvalue weighted by molar-refractivity contribution is 0.0758. The van der Waals surface area contributed by atoms with Crippen LogP contribution in [-0.2, 0) is 6.67 Å². The molecule has 0 atom stereocenters. The number of nitrogens with zero attached hydrogens (tertiary/aromatic N) is 4. The van der Waals surface area contributed by atoms with E-state index in [-0.39, 0.29) is 29.7 Å². The standard InChI is InChI=1S/C21H16F4N4O2/c1-10-18(29-9-28(8-11-2-3-11)21(30)19(29)27-10)13-4-5-15(17(25)16(13)24)31-20-14(23)6-12(22)7-26-20/h4-7,11H,2-3,8-9H2,1H3. The van der Waals surface area contributed by atoms with Crippen molar-refractivity contribution < 1.29 is 27.1 Å². The first-order valence-electron chi connectivity index (χ1n) is 9.67. The van der Waals surface area contributed by atoms with E-state index in [2.05, 4.69) is 9.97 Å². The Balaban J connectivity index is 1.49. The smallest absolute Gasteiger partial charge is 0.291 e. The minimum absolute atomic E-state index is 0.102. The number of imidazole rings is 1. The van der Waals surface area contributed by atoms with Crippen LogP contribution in [0.2, 0.25) is 0 Å². The van der Waals surface area contributed by atoms with Gasteiger partial charge in [0.2, 0.25) is 11.6 Å². The molecule has 1 fully saturated rings. The summed E-state index contributed by atoms with van der Waals surface area (Å²) in [6.45, 7) is 2.43. The minimum Gasteiger partial charge on any atom is -0.433 e. The number of pyridine rings is 1. The fourth-order valence-corrected chi connectivity index (χ4v) is 3.72. The molecule has 1 aromatic carbocycles. The average molecular weight is 432 g/mol. The highest BCUT2D eigenvalue weighted by atomic mass is 19.2. The number of carbonyl (C=O) groups excluding carboxylic acids is 1. The Morgan fingerprint density at radius 1 is 1.16 bits per heavy atom. The van der Waals surface area contributed by atoms with Gasteiger partial charge in [0.1, 0.15) is 5.82 Å². The highest BCUT2D eigenvalue weighted by Crippen LogP contribution is 2.37. The van der Waals surface area contributed by atoms with Gasteiger partial charge in [-0.05, 0) is 37.8 Å². The van der Waals surface area contributed by atoms with Crippen molar-refractivity contribution in [1.82, 2.24) is 19.4 Å². The van der Waals surface area contributed by atoms with Crippen molar-refractivity contribution in [2.24, 2.45) is 5.92 Å². The third-order valence-electron chi connectivity index (χ3n) is 5.39. The zero-order valence-electron chi connectivity index (χ0n) is 16.3. The average Bonchev–Trinajstić information content (AvgIpc) is 3.43. The maximum Gasteiger partial charge on any atom is 0.291 e. The number of aryl methyl sites for hydroxylation is 1. The second kappa shape index (κ2) is 7.07. The van der Waals surface area contributed by atoms with E-state index in [9.17, 15) is 22.4 Å². The zero-order chi connectivity index (χ0) is 21.9. The molecule has 3 aromatic rings. The first-order valence-corrected chi connectivity index (χ1v) is 9.67. The Morgan fingerprint density at radius 2 is 1.94 bits per heavy atom. The number of aromatic nitrogens is 3. The molecule has 0 radical (unpaired) electrons. The van der Waals surface area contributed by atoms with Crippen LogP contribution in [0.3, 0.4) is 0 Å². The van der Waals surface area contributed by atoms with Crippen LogP contribution in [0.25, 0.3) is 11.3 Å². The van der Waals surface area contributed by atoms with Crippen LogP contribution in [0.1, 0.15) is 29.2 Å². The first kappa shape index (κ1) is 19.5. The Hall–Kier alpha value is -3.43. The van der Waals surface area contributed by atoms with E-state index in [1.54, 1.807) is 16.4 Å². The zero-order valence-corrected chi connectivity index (χ0v) is 16.3. The van der Waals surface area contributed by atoms with Crippen LogP contribution in [0.4, 0.5) is 17.6 Å². The van der Waals surface area contributed by atoms with Crippen LogP contribution >= 0.6 is 0 Å². The summed E-state index contributed by atoms with van der Waals surface area (Å²) in [6, 6.07) is 2.91. The lowest BCUT2D eigenvalue weighted by atomic mass is 10.1. The summed E-state index contributed by atoms with van der Waals surface area (Å²) in [5, 5.41) is 0. The molecule has 1 aliphatic heterocycles. The normalized spacial score (nSPS) is 15.5. The molecule has 1 amide bonds. The van der Waals surface area contributed by atoms with Crippen LogP contribution in [0.5, 0.6) is 11.6 Å². The highest BCUT2D eigenvalue weighted by Gasteiger charge is 2.37. The molecule has 5 rings (SSSR count). The van der Waals surface area contributed by atoms with Crippen molar-refractivity contribution in [3.8, 4) is 22.9 Å². The van der Waals surface area contributed by atoms with Gasteiger partial charge in [0, 0.05) is 18.2 Å². The Kier molecular flexibility index (Phi) is 4.45. The number of halogens is 4. The SMILES string of the molecule is Cc1nc2n(c1-c1ccc(Oc3ncc(F)cc3F)c(F)c1F)CN(CC1CC1)C2=O. The lowest BCUT2D eigenvalue weighted by Gasteiger charge is -2.16. The Bertz CT molecular complexity index is 1220. The maximum absolute atomic E-state index is 15.0. The molecule has 0 saturated heterocycles. The van der Waals surface area contributed by atoms with E-state index in [0.29, 0.717) is 30.4 Å². The summed E-state index contributed by atoms with van der Waals surface area (Å²) < 4.78 is 63.0. The van der Waals surface area contributed by atoms with E-state index in [1.165, 1.54) is 6.07 Å². The third kappa shape index (κ3) is 3.31. The maximum atomic E-state index is 15.0. The fraction of sp³-hybridized carbons (Fsp3) is 0.286. The molecule has 31 heavy (non-hydrogen) atoms. The largest absolute Gasteiger partial charge is 0.433 e. The second-order valence-electron chi connectivity index (χ2n) is 7.69. The van der Waals surface area contributed by atoms with Gasteiger partial charge >= 0.3 is 0 Å². The summed E-state index contributed by atoms with van der Waals surface area (Å²) >= 11 is 0. The van der Waals surface area contributed by atoms with Crippen LogP contribution in [0, 0.1) is 36.1 Å². The van der Waals surface area contributed by atoms with Gasteiger partial charge in [-0.3, -0.25) is 4.79 Å². The molecule has 6 nitrogen and oxygen atoms in total. The number of amides is 1. The number of fused-ring (bicyclic) bond motifs is 1. The van der Waals surface area contributed by atoms with E-state index < -0.39 is 34.9 Å². The second-order valence-corrected chi connectivity index (χ2v) is 7.69. The van der Waals surface area contributed by atoms with Gasteiger partial charge in [-0.2, -0.15) is 4.39 Å². The molecule has 1 aliphatic carbocycles. The highest BCUT2D eigenvalue weighted by molar-refractivity contribution is 5.94. The van der Waals surface area contributed by atoms with E-state index in [1.807, 2.05) is 0 Å². The monoisotopic (exact) mass is 432 g/mol. The van der Waals surface area contributed by atoms with Crippen molar-refractivity contribution >= 4 is 5.91 Å². The van der Waals surface area contributed by atoms with Gasteiger partial charge < -0.3 is 14.2 Å². The Labute approximate surface area is 174 Å². The van der Waals surface area contributed by atoms with Gasteiger partial charge in [0.05, 0.1) is 24.3 Å². The van der Waals surface area contributed by atoms with Crippen molar-refractivity contribution in [3.05, 3.63) is 59.2 Å². The number of rotatable bonds is 5. The molecule has 0 spiro atoms.